The number of benzene rings is 1. The number of nitrogens with two attached hydrogens (primary N) is 1. The first-order chi connectivity index (χ1) is 9.11. The summed E-state index contributed by atoms with van der Waals surface area (Å²) in [5.74, 6) is -0.109. The summed E-state index contributed by atoms with van der Waals surface area (Å²) < 4.78 is 5.37. The summed E-state index contributed by atoms with van der Waals surface area (Å²) in [6, 6.07) is 5.45. The van der Waals surface area contributed by atoms with Gasteiger partial charge in [-0.25, -0.2) is 0 Å². The maximum atomic E-state index is 12.1. The Kier molecular flexibility index (Phi) is 4.06. The number of anilines is 1. The van der Waals surface area contributed by atoms with Gasteiger partial charge in [-0.2, -0.15) is 0 Å². The van der Waals surface area contributed by atoms with Gasteiger partial charge >= 0.3 is 0 Å². The molecule has 1 unspecified atom stereocenters. The molecule has 0 aliphatic carbocycles. The van der Waals surface area contributed by atoms with Gasteiger partial charge in [-0.05, 0) is 32.0 Å². The Bertz CT molecular complexity index is 577. The average molecular weight is 261 g/mol. The van der Waals surface area contributed by atoms with Crippen molar-refractivity contribution in [3.8, 4) is 0 Å². The zero-order valence-electron chi connectivity index (χ0n) is 11.2. The van der Waals surface area contributed by atoms with E-state index in [1.165, 1.54) is 0 Å². The van der Waals surface area contributed by atoms with E-state index in [-0.39, 0.29) is 12.0 Å². The first-order valence-corrected chi connectivity index (χ1v) is 6.38. The van der Waals surface area contributed by atoms with Gasteiger partial charge < -0.3 is 20.8 Å². The summed E-state index contributed by atoms with van der Waals surface area (Å²) in [6.07, 6.45) is 1.71. The van der Waals surface area contributed by atoms with Crippen LogP contribution >= 0.6 is 0 Å². The van der Waals surface area contributed by atoms with Crippen LogP contribution in [0.25, 0.3) is 10.9 Å². The van der Waals surface area contributed by atoms with E-state index in [0.717, 1.165) is 10.9 Å². The number of ether oxygens (including phenoxy) is 1. The molecule has 1 heterocycles. The van der Waals surface area contributed by atoms with Crippen LogP contribution in [-0.4, -0.2) is 30.1 Å². The summed E-state index contributed by atoms with van der Waals surface area (Å²) in [5, 5.41) is 3.73. The first-order valence-electron chi connectivity index (χ1n) is 6.38. The van der Waals surface area contributed by atoms with E-state index < -0.39 is 0 Å². The van der Waals surface area contributed by atoms with Gasteiger partial charge in [-0.1, -0.05) is 0 Å². The van der Waals surface area contributed by atoms with Crippen LogP contribution in [0, 0.1) is 0 Å². The summed E-state index contributed by atoms with van der Waals surface area (Å²) in [4.78, 5) is 15.1. The van der Waals surface area contributed by atoms with E-state index in [1.54, 1.807) is 12.3 Å². The smallest absolute Gasteiger partial charge is 0.253 e. The lowest BCUT2D eigenvalue weighted by Gasteiger charge is -2.12. The van der Waals surface area contributed by atoms with E-state index >= 15 is 0 Å². The number of nitrogen functional groups attached to an aromatic ring is 1. The number of rotatable bonds is 5. The predicted molar refractivity (Wildman–Crippen MR) is 76.1 cm³/mol. The monoisotopic (exact) mass is 261 g/mol. The number of hydrogen-bond acceptors (Lipinski definition) is 3. The molecule has 1 atom stereocenters. The summed E-state index contributed by atoms with van der Waals surface area (Å²) in [6.45, 7) is 5.00. The molecule has 19 heavy (non-hydrogen) atoms. The lowest BCUT2D eigenvalue weighted by atomic mass is 10.1. The Morgan fingerprint density at radius 3 is 3.05 bits per heavy atom. The van der Waals surface area contributed by atoms with Crippen molar-refractivity contribution < 1.29 is 9.53 Å². The van der Waals surface area contributed by atoms with Crippen LogP contribution in [0.2, 0.25) is 0 Å². The number of H-pyrrole nitrogens is 1. The van der Waals surface area contributed by atoms with Crippen LogP contribution < -0.4 is 11.1 Å². The molecule has 0 saturated carbocycles. The molecule has 5 heteroatoms. The normalized spacial score (nSPS) is 12.5. The van der Waals surface area contributed by atoms with E-state index in [4.69, 9.17) is 10.5 Å². The highest BCUT2D eigenvalue weighted by Crippen LogP contribution is 2.20. The van der Waals surface area contributed by atoms with E-state index in [9.17, 15) is 4.79 Å². The molecule has 5 nitrogen and oxygen atoms in total. The lowest BCUT2D eigenvalue weighted by Crippen LogP contribution is -2.32. The molecule has 4 N–H and O–H groups in total. The van der Waals surface area contributed by atoms with Crippen molar-refractivity contribution in [2.75, 3.05) is 18.9 Å². The van der Waals surface area contributed by atoms with Gasteiger partial charge in [0, 0.05) is 35.9 Å². The molecule has 0 aliphatic rings. The molecule has 0 radical (unpaired) electrons. The second kappa shape index (κ2) is 5.75. The largest absolute Gasteiger partial charge is 0.399 e. The van der Waals surface area contributed by atoms with Crippen LogP contribution in [0.4, 0.5) is 5.69 Å². The van der Waals surface area contributed by atoms with Crippen molar-refractivity contribution in [3.63, 3.8) is 0 Å². The van der Waals surface area contributed by atoms with E-state index in [2.05, 4.69) is 10.3 Å². The van der Waals surface area contributed by atoms with Crippen molar-refractivity contribution in [1.82, 2.24) is 10.3 Å². The highest BCUT2D eigenvalue weighted by Gasteiger charge is 2.12. The first kappa shape index (κ1) is 13.4. The fourth-order valence-corrected chi connectivity index (χ4v) is 2.01. The maximum absolute atomic E-state index is 12.1. The number of aromatic amines is 1. The number of hydrogen-bond donors (Lipinski definition) is 3. The molecule has 2 rings (SSSR count). The third-order valence-electron chi connectivity index (χ3n) is 2.95. The summed E-state index contributed by atoms with van der Waals surface area (Å²) in [7, 11) is 0. The van der Waals surface area contributed by atoms with Crippen LogP contribution in [0.5, 0.6) is 0 Å². The minimum atomic E-state index is -0.109. The van der Waals surface area contributed by atoms with Crippen LogP contribution in [0.1, 0.15) is 24.2 Å². The Morgan fingerprint density at radius 2 is 2.32 bits per heavy atom. The predicted octanol–water partition coefficient (Wildman–Crippen LogP) is 1.90. The van der Waals surface area contributed by atoms with Crippen molar-refractivity contribution in [3.05, 3.63) is 30.0 Å². The molecule has 1 aromatic carbocycles. The maximum Gasteiger partial charge on any atom is 0.253 e. The zero-order chi connectivity index (χ0) is 13.8. The van der Waals surface area contributed by atoms with Crippen molar-refractivity contribution in [1.29, 1.82) is 0 Å². The average Bonchev–Trinajstić information content (AvgIpc) is 2.79. The molecule has 0 bridgehead atoms. The van der Waals surface area contributed by atoms with Crippen LogP contribution in [-0.2, 0) is 4.74 Å². The molecule has 102 valence electrons. The molecule has 0 fully saturated rings. The van der Waals surface area contributed by atoms with Crippen LogP contribution in [0.3, 0.4) is 0 Å². The van der Waals surface area contributed by atoms with Gasteiger partial charge in [0.05, 0.1) is 11.7 Å². The molecule has 0 spiro atoms. The molecule has 0 aliphatic heterocycles. The highest BCUT2D eigenvalue weighted by molar-refractivity contribution is 6.07. The molecule has 1 aromatic heterocycles. The topological polar surface area (TPSA) is 80.1 Å². The van der Waals surface area contributed by atoms with Crippen LogP contribution in [0.15, 0.2) is 24.4 Å². The van der Waals surface area contributed by atoms with Gasteiger partial charge in [0.1, 0.15) is 0 Å². The third kappa shape index (κ3) is 3.06. The Hall–Kier alpha value is -2.01. The molecule has 0 saturated heterocycles. The molecular weight excluding hydrogens is 242 g/mol. The van der Waals surface area contributed by atoms with Gasteiger partial charge in [0.15, 0.2) is 0 Å². The van der Waals surface area contributed by atoms with Gasteiger partial charge in [-0.3, -0.25) is 4.79 Å². The van der Waals surface area contributed by atoms with Gasteiger partial charge in [-0.15, -0.1) is 0 Å². The third-order valence-corrected chi connectivity index (χ3v) is 2.95. The Labute approximate surface area is 112 Å². The Morgan fingerprint density at radius 1 is 1.53 bits per heavy atom. The van der Waals surface area contributed by atoms with Gasteiger partial charge in [0.25, 0.3) is 5.91 Å². The Balaban J connectivity index is 2.09. The number of carbonyl (C=O) groups is 1. The van der Waals surface area contributed by atoms with Crippen molar-refractivity contribution in [2.24, 2.45) is 0 Å². The molecule has 2 aromatic rings. The second-order valence-electron chi connectivity index (χ2n) is 4.48. The molecule has 1 amide bonds. The minimum Gasteiger partial charge on any atom is -0.399 e. The SMILES string of the molecule is CCOC(C)CNC(=O)c1c[nH]c2cc(N)ccc12. The minimum absolute atomic E-state index is 0.00907. The van der Waals surface area contributed by atoms with E-state index in [1.807, 2.05) is 26.0 Å². The zero-order valence-corrected chi connectivity index (χ0v) is 11.2. The van der Waals surface area contributed by atoms with Gasteiger partial charge in [0.2, 0.25) is 0 Å². The summed E-state index contributed by atoms with van der Waals surface area (Å²) >= 11 is 0. The second-order valence-corrected chi connectivity index (χ2v) is 4.48. The lowest BCUT2D eigenvalue weighted by molar-refractivity contribution is 0.0695. The van der Waals surface area contributed by atoms with Crippen molar-refractivity contribution >= 4 is 22.5 Å². The number of amides is 1. The number of carbonyl (C=O) groups excluding carboxylic acids is 1. The highest BCUT2D eigenvalue weighted by atomic mass is 16.5. The fourth-order valence-electron chi connectivity index (χ4n) is 2.01. The quantitative estimate of drug-likeness (QED) is 0.719. The number of aromatic nitrogens is 1. The fraction of sp³-hybridized carbons (Fsp3) is 0.357. The number of nitrogens with one attached hydrogen (secondary N) is 2. The van der Waals surface area contributed by atoms with E-state index in [0.29, 0.717) is 24.4 Å². The number of fused-ring (bicyclic) bond motifs is 1. The summed E-state index contributed by atoms with van der Waals surface area (Å²) in [5.41, 5.74) is 7.86. The standard InChI is InChI=1S/C14H19N3O2/c1-3-19-9(2)7-17-14(18)12-8-16-13-6-10(15)4-5-11(12)13/h4-6,8-9,16H,3,7,15H2,1-2H3,(H,17,18). The molecular formula is C14H19N3O2. The van der Waals surface area contributed by atoms with Crippen molar-refractivity contribution in [2.45, 2.75) is 20.0 Å².